The first-order chi connectivity index (χ1) is 13.4. The van der Waals surface area contributed by atoms with E-state index >= 15 is 0 Å². The van der Waals surface area contributed by atoms with Crippen LogP contribution in [0.15, 0.2) is 48.5 Å². The summed E-state index contributed by atoms with van der Waals surface area (Å²) in [6.07, 6.45) is 3.77. The number of rotatable bonds is 7. The largest absolute Gasteiger partial charge is 0.378 e. The fraction of sp³-hybridized carbons (Fsp3) is 0.520. The van der Waals surface area contributed by atoms with E-state index in [2.05, 4.69) is 69.4 Å². The zero-order valence-electron chi connectivity index (χ0n) is 17.7. The molecule has 0 radical (unpaired) electrons. The van der Waals surface area contributed by atoms with Gasteiger partial charge in [0.2, 0.25) is 0 Å². The molecule has 0 spiro atoms. The Bertz CT molecular complexity index is 740. The van der Waals surface area contributed by atoms with Gasteiger partial charge >= 0.3 is 0 Å². The van der Waals surface area contributed by atoms with Gasteiger partial charge in [0.25, 0.3) is 0 Å². The van der Waals surface area contributed by atoms with E-state index in [1.165, 1.54) is 23.1 Å². The maximum absolute atomic E-state index is 6.13. The Morgan fingerprint density at radius 2 is 1.75 bits per heavy atom. The normalized spacial score (nSPS) is 23.7. The lowest BCUT2D eigenvalue weighted by Gasteiger charge is -2.42. The van der Waals surface area contributed by atoms with E-state index in [1.807, 2.05) is 12.1 Å². The van der Waals surface area contributed by atoms with Gasteiger partial charge < -0.3 is 10.1 Å². The molecule has 28 heavy (non-hydrogen) atoms. The fourth-order valence-electron chi connectivity index (χ4n) is 4.43. The van der Waals surface area contributed by atoms with Crippen molar-refractivity contribution in [2.24, 2.45) is 5.92 Å². The van der Waals surface area contributed by atoms with Gasteiger partial charge in [-0.15, -0.1) is 0 Å². The minimum atomic E-state index is 0.219. The van der Waals surface area contributed by atoms with Gasteiger partial charge in [-0.25, -0.2) is 0 Å². The summed E-state index contributed by atoms with van der Waals surface area (Å²) in [5.41, 5.74) is 4.37. The fourth-order valence-corrected chi connectivity index (χ4v) is 4.56. The molecule has 2 aromatic rings. The molecule has 3 atom stereocenters. The molecule has 2 N–H and O–H groups in total. The number of hydrogen-bond acceptors (Lipinski definition) is 1. The van der Waals surface area contributed by atoms with Crippen molar-refractivity contribution < 1.29 is 10.1 Å². The summed E-state index contributed by atoms with van der Waals surface area (Å²) >= 11 is 6.04. The highest BCUT2D eigenvalue weighted by Crippen LogP contribution is 2.41. The molecule has 0 bridgehead atoms. The van der Waals surface area contributed by atoms with Crippen LogP contribution in [0.2, 0.25) is 5.02 Å². The predicted molar refractivity (Wildman–Crippen MR) is 118 cm³/mol. The van der Waals surface area contributed by atoms with Gasteiger partial charge in [-0.2, -0.15) is 0 Å². The lowest BCUT2D eigenvalue weighted by atomic mass is 9.68. The summed E-state index contributed by atoms with van der Waals surface area (Å²) in [6, 6.07) is 17.9. The molecule has 0 amide bonds. The van der Waals surface area contributed by atoms with Crippen LogP contribution >= 0.6 is 11.6 Å². The van der Waals surface area contributed by atoms with Gasteiger partial charge in [-0.05, 0) is 50.3 Å². The van der Waals surface area contributed by atoms with Gasteiger partial charge in [0, 0.05) is 29.0 Å². The Kier molecular flexibility index (Phi) is 7.20. The highest BCUT2D eigenvalue weighted by Gasteiger charge is 2.39. The second-order valence-corrected chi connectivity index (χ2v) is 9.30. The van der Waals surface area contributed by atoms with Crippen molar-refractivity contribution in [2.45, 2.75) is 64.5 Å². The molecule has 0 aromatic heterocycles. The zero-order valence-corrected chi connectivity index (χ0v) is 18.5. The van der Waals surface area contributed by atoms with Crippen LogP contribution in [0, 0.1) is 12.8 Å². The topological polar surface area (TPSA) is 25.8 Å². The summed E-state index contributed by atoms with van der Waals surface area (Å²) in [6.45, 7) is 11.0. The molecule has 3 heteroatoms. The van der Waals surface area contributed by atoms with Crippen LogP contribution in [0.1, 0.15) is 62.8 Å². The lowest BCUT2D eigenvalue weighted by molar-refractivity contribution is -0.693. The smallest absolute Gasteiger partial charge is 0.109 e. The molecule has 1 saturated heterocycles. The average Bonchev–Trinajstić information content (AvgIpc) is 2.69. The van der Waals surface area contributed by atoms with Crippen molar-refractivity contribution in [1.82, 2.24) is 0 Å². The van der Waals surface area contributed by atoms with Crippen LogP contribution in [-0.4, -0.2) is 19.3 Å². The molecule has 1 heterocycles. The second-order valence-electron chi connectivity index (χ2n) is 8.87. The predicted octanol–water partition coefficient (Wildman–Crippen LogP) is 5.44. The van der Waals surface area contributed by atoms with Crippen molar-refractivity contribution in [2.75, 3.05) is 13.2 Å². The minimum absolute atomic E-state index is 0.219. The van der Waals surface area contributed by atoms with Crippen molar-refractivity contribution in [3.05, 3.63) is 70.2 Å². The quantitative estimate of drug-likeness (QED) is 0.658. The Morgan fingerprint density at radius 3 is 2.39 bits per heavy atom. The molecule has 1 aliphatic rings. The number of aryl methyl sites for hydroxylation is 1. The monoisotopic (exact) mass is 400 g/mol. The standard InChI is InChI=1S/C25H34ClNO/c1-18(2)24-17-25(14-16-28-24,22-9-5-19(3)6-10-22)13-15-27-20(4)21-7-11-23(26)12-8-21/h5-12,18,20,24,27H,13-17H2,1-4H3/p+1/t20-,24+,25+/m0/s1. The van der Waals surface area contributed by atoms with Crippen molar-refractivity contribution >= 4 is 11.6 Å². The molecular weight excluding hydrogens is 366 g/mol. The number of benzene rings is 2. The van der Waals surface area contributed by atoms with Crippen LogP contribution in [-0.2, 0) is 10.2 Å². The summed E-state index contributed by atoms with van der Waals surface area (Å²) in [4.78, 5) is 0. The van der Waals surface area contributed by atoms with E-state index in [1.54, 1.807) is 0 Å². The summed E-state index contributed by atoms with van der Waals surface area (Å²) in [5, 5.41) is 3.27. The molecule has 0 aliphatic carbocycles. The number of ether oxygens (including phenoxy) is 1. The van der Waals surface area contributed by atoms with E-state index in [-0.39, 0.29) is 5.41 Å². The lowest BCUT2D eigenvalue weighted by Crippen LogP contribution is -2.85. The molecule has 1 aliphatic heterocycles. The minimum Gasteiger partial charge on any atom is -0.378 e. The SMILES string of the molecule is Cc1ccc([C@]2(CC[NH2+][C@@H](C)c3ccc(Cl)cc3)CCO[C@@H](C(C)C)C2)cc1. The summed E-state index contributed by atoms with van der Waals surface area (Å²) < 4.78 is 6.13. The summed E-state index contributed by atoms with van der Waals surface area (Å²) in [5.74, 6) is 0.557. The van der Waals surface area contributed by atoms with E-state index in [9.17, 15) is 0 Å². The van der Waals surface area contributed by atoms with E-state index in [0.29, 0.717) is 18.1 Å². The third-order valence-corrected chi connectivity index (χ3v) is 6.70. The maximum atomic E-state index is 6.13. The molecule has 1 fully saturated rings. The van der Waals surface area contributed by atoms with E-state index in [4.69, 9.17) is 16.3 Å². The van der Waals surface area contributed by atoms with E-state index < -0.39 is 0 Å². The van der Waals surface area contributed by atoms with Crippen LogP contribution in [0.25, 0.3) is 0 Å². The molecule has 3 rings (SSSR count). The number of quaternary nitrogens is 1. The Hall–Kier alpha value is -1.35. The van der Waals surface area contributed by atoms with Crippen LogP contribution in [0.3, 0.4) is 0 Å². The first kappa shape index (κ1) is 21.4. The zero-order chi connectivity index (χ0) is 20.1. The van der Waals surface area contributed by atoms with Gasteiger partial charge in [-0.3, -0.25) is 0 Å². The molecule has 0 unspecified atom stereocenters. The van der Waals surface area contributed by atoms with Crippen LogP contribution < -0.4 is 5.32 Å². The number of hydrogen-bond donors (Lipinski definition) is 1. The Morgan fingerprint density at radius 1 is 1.07 bits per heavy atom. The first-order valence-electron chi connectivity index (χ1n) is 10.7. The molecule has 2 nitrogen and oxygen atoms in total. The Labute approximate surface area is 175 Å². The maximum Gasteiger partial charge on any atom is 0.109 e. The van der Waals surface area contributed by atoms with Crippen LogP contribution in [0.4, 0.5) is 0 Å². The highest BCUT2D eigenvalue weighted by atomic mass is 35.5. The number of nitrogens with two attached hydrogens (primary N) is 1. The van der Waals surface area contributed by atoms with E-state index in [0.717, 1.165) is 31.0 Å². The van der Waals surface area contributed by atoms with Crippen molar-refractivity contribution in [1.29, 1.82) is 0 Å². The molecule has 152 valence electrons. The average molecular weight is 401 g/mol. The van der Waals surface area contributed by atoms with Gasteiger partial charge in [-0.1, -0.05) is 67.4 Å². The highest BCUT2D eigenvalue weighted by molar-refractivity contribution is 6.30. The molecule has 0 saturated carbocycles. The molecular formula is C25H35ClNO+. The van der Waals surface area contributed by atoms with Crippen LogP contribution in [0.5, 0.6) is 0 Å². The van der Waals surface area contributed by atoms with Gasteiger partial charge in [0.15, 0.2) is 0 Å². The third kappa shape index (κ3) is 5.17. The van der Waals surface area contributed by atoms with Gasteiger partial charge in [0.05, 0.1) is 12.6 Å². The Balaban J connectivity index is 1.72. The third-order valence-electron chi connectivity index (χ3n) is 6.45. The summed E-state index contributed by atoms with van der Waals surface area (Å²) in [7, 11) is 0. The second kappa shape index (κ2) is 9.43. The first-order valence-corrected chi connectivity index (χ1v) is 11.0. The van der Waals surface area contributed by atoms with Crippen molar-refractivity contribution in [3.8, 4) is 0 Å². The van der Waals surface area contributed by atoms with Gasteiger partial charge in [0.1, 0.15) is 6.04 Å². The molecule has 2 aromatic carbocycles. The van der Waals surface area contributed by atoms with Crippen molar-refractivity contribution in [3.63, 3.8) is 0 Å². The number of halogens is 1.